The monoisotopic (exact) mass is 194 g/mol. The van der Waals surface area contributed by atoms with Crippen molar-refractivity contribution in [3.8, 4) is 6.07 Å². The maximum absolute atomic E-state index is 8.46. The van der Waals surface area contributed by atoms with Crippen LogP contribution in [-0.4, -0.2) is 21.8 Å². The Morgan fingerprint density at radius 3 is 2.93 bits per heavy atom. The molecule has 1 atom stereocenters. The summed E-state index contributed by atoms with van der Waals surface area (Å²) in [6.07, 6.45) is 1.02. The summed E-state index contributed by atoms with van der Waals surface area (Å²) >= 11 is 0. The summed E-state index contributed by atoms with van der Waals surface area (Å²) in [5.41, 5.74) is 0. The lowest BCUT2D eigenvalue weighted by Crippen LogP contribution is -2.05. The standard InChI is InChI=1S/C9H14N4O/c1-3-7(14-4-2)9-11-8(5-6-10)12-13-9/h7H,3-5H2,1-2H3,(H,11,12,13). The van der Waals surface area contributed by atoms with Crippen LogP contribution in [-0.2, 0) is 11.2 Å². The van der Waals surface area contributed by atoms with Gasteiger partial charge in [0.1, 0.15) is 11.9 Å². The van der Waals surface area contributed by atoms with Gasteiger partial charge in [-0.05, 0) is 13.3 Å². The van der Waals surface area contributed by atoms with E-state index in [9.17, 15) is 0 Å². The molecular weight excluding hydrogens is 180 g/mol. The molecule has 0 saturated heterocycles. The molecule has 0 fully saturated rings. The number of hydrogen-bond acceptors (Lipinski definition) is 4. The predicted molar refractivity (Wildman–Crippen MR) is 50.4 cm³/mol. The van der Waals surface area contributed by atoms with Gasteiger partial charge in [-0.2, -0.15) is 10.4 Å². The Hall–Kier alpha value is -1.41. The largest absolute Gasteiger partial charge is 0.370 e. The molecule has 0 spiro atoms. The number of nitrogens with one attached hydrogen (secondary N) is 1. The number of nitrogens with zero attached hydrogens (tertiary/aromatic N) is 3. The van der Waals surface area contributed by atoms with Gasteiger partial charge < -0.3 is 4.74 Å². The first-order chi connectivity index (χ1) is 6.81. The molecule has 5 nitrogen and oxygen atoms in total. The highest BCUT2D eigenvalue weighted by Gasteiger charge is 2.14. The molecular formula is C9H14N4O. The van der Waals surface area contributed by atoms with Gasteiger partial charge in [0.25, 0.3) is 0 Å². The van der Waals surface area contributed by atoms with Crippen molar-refractivity contribution >= 4 is 0 Å². The van der Waals surface area contributed by atoms with E-state index in [4.69, 9.17) is 10.00 Å². The minimum absolute atomic E-state index is 0.0660. The average molecular weight is 194 g/mol. The molecule has 14 heavy (non-hydrogen) atoms. The molecule has 0 saturated carbocycles. The fraction of sp³-hybridized carbons (Fsp3) is 0.667. The van der Waals surface area contributed by atoms with Crippen LogP contribution in [0.15, 0.2) is 0 Å². The molecule has 0 aromatic carbocycles. The van der Waals surface area contributed by atoms with E-state index in [1.165, 1.54) is 0 Å². The molecule has 1 heterocycles. The van der Waals surface area contributed by atoms with Gasteiger partial charge in [-0.15, -0.1) is 0 Å². The summed E-state index contributed by atoms with van der Waals surface area (Å²) in [6.45, 7) is 4.59. The lowest BCUT2D eigenvalue weighted by atomic mass is 10.2. The molecule has 1 aromatic heterocycles. The molecule has 0 amide bonds. The smallest absolute Gasteiger partial charge is 0.179 e. The number of aromatic nitrogens is 3. The summed E-state index contributed by atoms with van der Waals surface area (Å²) in [4.78, 5) is 4.18. The molecule has 1 unspecified atom stereocenters. The zero-order valence-corrected chi connectivity index (χ0v) is 8.45. The van der Waals surface area contributed by atoms with E-state index in [0.29, 0.717) is 18.3 Å². The second-order valence-corrected chi connectivity index (χ2v) is 2.83. The molecule has 76 valence electrons. The Morgan fingerprint density at radius 1 is 1.57 bits per heavy atom. The van der Waals surface area contributed by atoms with Gasteiger partial charge in [0.15, 0.2) is 5.82 Å². The highest BCUT2D eigenvalue weighted by atomic mass is 16.5. The molecule has 1 rings (SSSR count). The van der Waals surface area contributed by atoms with Crippen molar-refractivity contribution in [2.24, 2.45) is 0 Å². The molecule has 0 aliphatic rings. The van der Waals surface area contributed by atoms with Gasteiger partial charge in [0.05, 0.1) is 12.5 Å². The lowest BCUT2D eigenvalue weighted by molar-refractivity contribution is 0.0537. The van der Waals surface area contributed by atoms with E-state index in [1.807, 2.05) is 19.9 Å². The number of H-pyrrole nitrogens is 1. The van der Waals surface area contributed by atoms with Crippen LogP contribution in [0.3, 0.4) is 0 Å². The lowest BCUT2D eigenvalue weighted by Gasteiger charge is -2.09. The molecule has 0 aliphatic heterocycles. The van der Waals surface area contributed by atoms with Crippen LogP contribution < -0.4 is 0 Å². The first-order valence-electron chi connectivity index (χ1n) is 4.71. The van der Waals surface area contributed by atoms with E-state index >= 15 is 0 Å². The highest BCUT2D eigenvalue weighted by Crippen LogP contribution is 2.16. The Labute approximate surface area is 83.1 Å². The summed E-state index contributed by atoms with van der Waals surface area (Å²) in [6, 6.07) is 2.01. The third-order valence-electron chi connectivity index (χ3n) is 1.82. The van der Waals surface area contributed by atoms with Gasteiger partial charge in [0.2, 0.25) is 0 Å². The van der Waals surface area contributed by atoms with Crippen LogP contribution >= 0.6 is 0 Å². The second-order valence-electron chi connectivity index (χ2n) is 2.83. The van der Waals surface area contributed by atoms with E-state index < -0.39 is 0 Å². The number of rotatable bonds is 5. The van der Waals surface area contributed by atoms with Gasteiger partial charge in [-0.25, -0.2) is 4.98 Å². The summed E-state index contributed by atoms with van der Waals surface area (Å²) in [5, 5.41) is 15.2. The van der Waals surface area contributed by atoms with Crippen LogP contribution in [0.25, 0.3) is 0 Å². The van der Waals surface area contributed by atoms with Crippen molar-refractivity contribution in [3.05, 3.63) is 11.6 Å². The van der Waals surface area contributed by atoms with Gasteiger partial charge in [-0.3, -0.25) is 5.10 Å². The zero-order chi connectivity index (χ0) is 10.4. The third kappa shape index (κ3) is 2.54. The number of aromatic amines is 1. The van der Waals surface area contributed by atoms with Crippen LogP contribution in [0.2, 0.25) is 0 Å². The Bertz CT molecular complexity index is 315. The molecule has 1 N–H and O–H groups in total. The SMILES string of the molecule is CCOC(CC)c1n[nH]c(CC#N)n1. The van der Waals surface area contributed by atoms with Gasteiger partial charge >= 0.3 is 0 Å². The maximum atomic E-state index is 8.46. The Morgan fingerprint density at radius 2 is 2.36 bits per heavy atom. The molecule has 0 bridgehead atoms. The van der Waals surface area contributed by atoms with Crippen molar-refractivity contribution in [1.82, 2.24) is 15.2 Å². The second kappa shape index (κ2) is 5.35. The van der Waals surface area contributed by atoms with E-state index in [2.05, 4.69) is 15.2 Å². The minimum Gasteiger partial charge on any atom is -0.370 e. The van der Waals surface area contributed by atoms with Crippen LogP contribution in [0.1, 0.15) is 38.0 Å². The highest BCUT2D eigenvalue weighted by molar-refractivity contribution is 4.98. The predicted octanol–water partition coefficient (Wildman–Crippen LogP) is 1.36. The number of nitriles is 1. The molecule has 1 aromatic rings. The fourth-order valence-corrected chi connectivity index (χ4v) is 1.18. The molecule has 0 radical (unpaired) electrons. The molecule has 0 aliphatic carbocycles. The van der Waals surface area contributed by atoms with E-state index in [1.54, 1.807) is 0 Å². The summed E-state index contributed by atoms with van der Waals surface area (Å²) in [5.74, 6) is 1.24. The number of ether oxygens (including phenoxy) is 1. The first-order valence-corrected chi connectivity index (χ1v) is 4.71. The van der Waals surface area contributed by atoms with E-state index in [-0.39, 0.29) is 12.5 Å². The van der Waals surface area contributed by atoms with Crippen molar-refractivity contribution in [3.63, 3.8) is 0 Å². The molecule has 5 heteroatoms. The van der Waals surface area contributed by atoms with Gasteiger partial charge in [0, 0.05) is 6.61 Å². The Kier molecular flexibility index (Phi) is 4.08. The van der Waals surface area contributed by atoms with E-state index in [0.717, 1.165) is 6.42 Å². The van der Waals surface area contributed by atoms with Crippen molar-refractivity contribution in [1.29, 1.82) is 5.26 Å². The topological polar surface area (TPSA) is 74.6 Å². The van der Waals surface area contributed by atoms with Crippen LogP contribution in [0, 0.1) is 11.3 Å². The minimum atomic E-state index is -0.0660. The zero-order valence-electron chi connectivity index (χ0n) is 8.45. The van der Waals surface area contributed by atoms with Crippen molar-refractivity contribution in [2.45, 2.75) is 32.8 Å². The average Bonchev–Trinajstić information content (AvgIpc) is 2.63. The van der Waals surface area contributed by atoms with Crippen molar-refractivity contribution in [2.75, 3.05) is 6.61 Å². The van der Waals surface area contributed by atoms with Crippen molar-refractivity contribution < 1.29 is 4.74 Å². The van der Waals surface area contributed by atoms with Gasteiger partial charge in [-0.1, -0.05) is 6.92 Å². The summed E-state index contributed by atoms with van der Waals surface area (Å²) < 4.78 is 5.44. The number of hydrogen-bond donors (Lipinski definition) is 1. The Balaban J connectivity index is 2.69. The normalized spacial score (nSPS) is 12.4. The summed E-state index contributed by atoms with van der Waals surface area (Å²) in [7, 11) is 0. The van der Waals surface area contributed by atoms with Crippen LogP contribution in [0.5, 0.6) is 0 Å². The quantitative estimate of drug-likeness (QED) is 0.767. The first kappa shape index (κ1) is 10.7. The van der Waals surface area contributed by atoms with Crippen LogP contribution in [0.4, 0.5) is 0 Å². The maximum Gasteiger partial charge on any atom is 0.179 e. The fourth-order valence-electron chi connectivity index (χ4n) is 1.18. The third-order valence-corrected chi connectivity index (χ3v) is 1.82.